The van der Waals surface area contributed by atoms with Crippen LogP contribution in [-0.4, -0.2) is 12.4 Å². The van der Waals surface area contributed by atoms with Gasteiger partial charge in [-0.25, -0.2) is 4.39 Å². The zero-order chi connectivity index (χ0) is 13.5. The number of thioether (sulfide) groups is 1. The van der Waals surface area contributed by atoms with Crippen molar-refractivity contribution in [2.75, 3.05) is 18.1 Å². The first-order valence-electron chi connectivity index (χ1n) is 6.43. The summed E-state index contributed by atoms with van der Waals surface area (Å²) in [5.41, 5.74) is 6.32. The maximum Gasteiger partial charge on any atom is 0.167 e. The van der Waals surface area contributed by atoms with E-state index in [2.05, 4.69) is 13.8 Å². The topological polar surface area (TPSA) is 35.2 Å². The summed E-state index contributed by atoms with van der Waals surface area (Å²) in [5.74, 6) is 1.53. The average molecular weight is 271 g/mol. The minimum absolute atomic E-state index is 0.303. The van der Waals surface area contributed by atoms with Crippen LogP contribution in [0.25, 0.3) is 0 Å². The Kier molecular flexibility index (Phi) is 6.33. The molecule has 0 fully saturated rings. The number of hydrogen-bond donors (Lipinski definition) is 1. The van der Waals surface area contributed by atoms with Crippen LogP contribution >= 0.6 is 11.8 Å². The van der Waals surface area contributed by atoms with E-state index in [1.807, 2.05) is 6.92 Å². The molecule has 0 aliphatic carbocycles. The molecule has 102 valence electrons. The largest absolute Gasteiger partial charge is 0.490 e. The lowest BCUT2D eigenvalue weighted by Gasteiger charge is -2.12. The molecule has 18 heavy (non-hydrogen) atoms. The molecule has 0 aliphatic heterocycles. The number of nitrogens with two attached hydrogens (primary N) is 1. The maximum absolute atomic E-state index is 13.6. The Labute approximate surface area is 113 Å². The van der Waals surface area contributed by atoms with Crippen LogP contribution in [0.1, 0.15) is 33.6 Å². The van der Waals surface area contributed by atoms with E-state index < -0.39 is 0 Å². The molecule has 2 N–H and O–H groups in total. The summed E-state index contributed by atoms with van der Waals surface area (Å²) in [5, 5.41) is 0. The molecule has 1 rings (SSSR count). The highest BCUT2D eigenvalue weighted by Crippen LogP contribution is 2.33. The third kappa shape index (κ3) is 4.41. The zero-order valence-corrected chi connectivity index (χ0v) is 12.1. The first kappa shape index (κ1) is 15.2. The molecule has 1 atom stereocenters. The van der Waals surface area contributed by atoms with Crippen LogP contribution in [0.2, 0.25) is 0 Å². The standard InChI is InChI=1S/C14H22FNOS/c1-4-6-17-13-8-14(12(16)7-11(13)15)18-9-10(3)5-2/h7-8,10H,4-6,9,16H2,1-3H3. The van der Waals surface area contributed by atoms with E-state index in [-0.39, 0.29) is 5.82 Å². The van der Waals surface area contributed by atoms with Crippen molar-refractivity contribution in [2.24, 2.45) is 5.92 Å². The molecule has 0 aromatic heterocycles. The van der Waals surface area contributed by atoms with E-state index in [0.717, 1.165) is 23.5 Å². The summed E-state index contributed by atoms with van der Waals surface area (Å²) < 4.78 is 19.0. The van der Waals surface area contributed by atoms with E-state index >= 15 is 0 Å². The maximum atomic E-state index is 13.6. The van der Waals surface area contributed by atoms with E-state index in [9.17, 15) is 4.39 Å². The molecule has 0 heterocycles. The van der Waals surface area contributed by atoms with E-state index in [4.69, 9.17) is 10.5 Å². The van der Waals surface area contributed by atoms with Gasteiger partial charge in [0.2, 0.25) is 0 Å². The van der Waals surface area contributed by atoms with Crippen LogP contribution in [0, 0.1) is 11.7 Å². The van der Waals surface area contributed by atoms with Gasteiger partial charge in [-0.3, -0.25) is 0 Å². The van der Waals surface area contributed by atoms with Crippen LogP contribution in [0.3, 0.4) is 0 Å². The van der Waals surface area contributed by atoms with Crippen LogP contribution < -0.4 is 10.5 Å². The Balaban J connectivity index is 2.77. The lowest BCUT2D eigenvalue weighted by Crippen LogP contribution is -2.01. The summed E-state index contributed by atoms with van der Waals surface area (Å²) in [6, 6.07) is 3.07. The van der Waals surface area contributed by atoms with E-state index in [1.165, 1.54) is 6.07 Å². The molecule has 0 spiro atoms. The monoisotopic (exact) mass is 271 g/mol. The highest BCUT2D eigenvalue weighted by atomic mass is 32.2. The number of halogens is 1. The second-order valence-corrected chi connectivity index (χ2v) is 5.56. The lowest BCUT2D eigenvalue weighted by atomic mass is 10.2. The highest BCUT2D eigenvalue weighted by molar-refractivity contribution is 7.99. The number of anilines is 1. The van der Waals surface area contributed by atoms with Gasteiger partial charge in [0.1, 0.15) is 0 Å². The predicted octanol–water partition coefficient (Wildman–Crippen LogP) is 4.33. The molecule has 0 saturated carbocycles. The van der Waals surface area contributed by atoms with Crippen LogP contribution in [-0.2, 0) is 0 Å². The normalized spacial score (nSPS) is 12.4. The Morgan fingerprint density at radius 2 is 2.11 bits per heavy atom. The molecule has 0 saturated heterocycles. The van der Waals surface area contributed by atoms with Crippen molar-refractivity contribution in [1.29, 1.82) is 0 Å². The van der Waals surface area contributed by atoms with Crippen LogP contribution in [0.5, 0.6) is 5.75 Å². The van der Waals surface area contributed by atoms with Gasteiger partial charge < -0.3 is 10.5 Å². The van der Waals surface area contributed by atoms with E-state index in [0.29, 0.717) is 24.0 Å². The zero-order valence-electron chi connectivity index (χ0n) is 11.3. The predicted molar refractivity (Wildman–Crippen MR) is 76.8 cm³/mol. The van der Waals surface area contributed by atoms with Gasteiger partial charge >= 0.3 is 0 Å². The summed E-state index contributed by atoms with van der Waals surface area (Å²) in [7, 11) is 0. The number of hydrogen-bond acceptors (Lipinski definition) is 3. The van der Waals surface area contributed by atoms with Crippen LogP contribution in [0.15, 0.2) is 17.0 Å². The van der Waals surface area contributed by atoms with Crippen molar-refractivity contribution < 1.29 is 9.13 Å². The SMILES string of the molecule is CCCOc1cc(SCC(C)CC)c(N)cc1F. The minimum Gasteiger partial charge on any atom is -0.490 e. The van der Waals surface area contributed by atoms with Gasteiger partial charge in [0.25, 0.3) is 0 Å². The van der Waals surface area contributed by atoms with Gasteiger partial charge in [0.15, 0.2) is 11.6 Å². The second kappa shape index (κ2) is 7.52. The summed E-state index contributed by atoms with van der Waals surface area (Å²) in [6.07, 6.45) is 1.99. The number of rotatable bonds is 7. The number of ether oxygens (including phenoxy) is 1. The molecular weight excluding hydrogens is 249 g/mol. The van der Waals surface area contributed by atoms with Gasteiger partial charge in [-0.05, 0) is 18.4 Å². The minimum atomic E-state index is -0.381. The Hall–Kier alpha value is -0.900. The fourth-order valence-corrected chi connectivity index (χ4v) is 2.46. The van der Waals surface area contributed by atoms with Crippen molar-refractivity contribution >= 4 is 17.4 Å². The average Bonchev–Trinajstić information content (AvgIpc) is 2.36. The molecule has 1 aromatic rings. The van der Waals surface area contributed by atoms with Crippen molar-refractivity contribution in [3.05, 3.63) is 17.9 Å². The van der Waals surface area contributed by atoms with Gasteiger partial charge in [0.05, 0.1) is 6.61 Å². The van der Waals surface area contributed by atoms with Crippen LogP contribution in [0.4, 0.5) is 10.1 Å². The third-order valence-corrected chi connectivity index (χ3v) is 4.15. The van der Waals surface area contributed by atoms with Gasteiger partial charge in [-0.1, -0.05) is 27.2 Å². The first-order valence-corrected chi connectivity index (χ1v) is 7.41. The Morgan fingerprint density at radius 1 is 1.39 bits per heavy atom. The number of nitrogen functional groups attached to an aromatic ring is 1. The molecule has 2 nitrogen and oxygen atoms in total. The Bertz CT molecular complexity index is 384. The molecular formula is C14H22FNOS. The van der Waals surface area contributed by atoms with Gasteiger partial charge in [-0.2, -0.15) is 0 Å². The fraction of sp³-hybridized carbons (Fsp3) is 0.571. The lowest BCUT2D eigenvalue weighted by molar-refractivity contribution is 0.300. The van der Waals surface area contributed by atoms with E-state index in [1.54, 1.807) is 17.8 Å². The van der Waals surface area contributed by atoms with Gasteiger partial charge in [-0.15, -0.1) is 11.8 Å². The smallest absolute Gasteiger partial charge is 0.167 e. The highest BCUT2D eigenvalue weighted by Gasteiger charge is 2.10. The molecule has 0 bridgehead atoms. The molecule has 0 radical (unpaired) electrons. The summed E-state index contributed by atoms with van der Waals surface area (Å²) in [6.45, 7) is 6.88. The fourth-order valence-electron chi connectivity index (χ4n) is 1.35. The van der Waals surface area contributed by atoms with Crippen molar-refractivity contribution in [2.45, 2.75) is 38.5 Å². The summed E-state index contributed by atoms with van der Waals surface area (Å²) >= 11 is 1.66. The third-order valence-electron chi connectivity index (χ3n) is 2.75. The van der Waals surface area contributed by atoms with Crippen molar-refractivity contribution in [3.63, 3.8) is 0 Å². The molecule has 4 heteroatoms. The van der Waals surface area contributed by atoms with Crippen molar-refractivity contribution in [1.82, 2.24) is 0 Å². The quantitative estimate of drug-likeness (QED) is 0.592. The molecule has 1 aromatic carbocycles. The first-order chi connectivity index (χ1) is 8.58. The molecule has 1 unspecified atom stereocenters. The summed E-state index contributed by atoms with van der Waals surface area (Å²) in [4.78, 5) is 0.905. The Morgan fingerprint density at radius 3 is 2.72 bits per heavy atom. The second-order valence-electron chi connectivity index (χ2n) is 4.49. The number of benzene rings is 1. The molecule has 0 amide bonds. The molecule has 0 aliphatic rings. The van der Waals surface area contributed by atoms with Gasteiger partial charge in [0, 0.05) is 22.4 Å². The van der Waals surface area contributed by atoms with Crippen molar-refractivity contribution in [3.8, 4) is 5.75 Å².